The minimum absolute atomic E-state index is 0.122. The minimum Gasteiger partial charge on any atom is -0.423 e. The maximum Gasteiger partial charge on any atom is 0.343 e. The predicted octanol–water partition coefficient (Wildman–Crippen LogP) is 5.59. The Kier molecular flexibility index (Phi) is 6.18. The third kappa shape index (κ3) is 4.78. The quantitative estimate of drug-likeness (QED) is 0.290. The number of esters is 1. The zero-order chi connectivity index (χ0) is 22.7. The molecule has 3 aromatic rings. The SMILES string of the molecule is Cc1ccc(C(=O)Oc2ccc(/C=C3\SC(=O)N(Cc4ccccc4F)C3=O)cc2)cc1. The van der Waals surface area contributed by atoms with Crippen molar-refractivity contribution in [1.29, 1.82) is 0 Å². The molecule has 4 rings (SSSR count). The third-order valence-corrected chi connectivity index (χ3v) is 5.74. The lowest BCUT2D eigenvalue weighted by atomic mass is 10.1. The largest absolute Gasteiger partial charge is 0.423 e. The van der Waals surface area contributed by atoms with Gasteiger partial charge in [0.15, 0.2) is 0 Å². The van der Waals surface area contributed by atoms with Crippen molar-refractivity contribution in [2.24, 2.45) is 0 Å². The number of thioether (sulfide) groups is 1. The summed E-state index contributed by atoms with van der Waals surface area (Å²) in [5, 5.41) is -0.451. The Hall–Kier alpha value is -3.71. The summed E-state index contributed by atoms with van der Waals surface area (Å²) < 4.78 is 19.3. The maximum absolute atomic E-state index is 13.9. The van der Waals surface area contributed by atoms with Gasteiger partial charge in [0.2, 0.25) is 0 Å². The molecule has 160 valence electrons. The molecule has 0 bridgehead atoms. The fourth-order valence-corrected chi connectivity index (χ4v) is 3.91. The molecule has 0 spiro atoms. The summed E-state index contributed by atoms with van der Waals surface area (Å²) in [4.78, 5) is 38.4. The number of halogens is 1. The van der Waals surface area contributed by atoms with Gasteiger partial charge in [-0.2, -0.15) is 0 Å². The molecule has 0 aromatic heterocycles. The van der Waals surface area contributed by atoms with E-state index >= 15 is 0 Å². The van der Waals surface area contributed by atoms with Crippen molar-refractivity contribution >= 4 is 35.0 Å². The van der Waals surface area contributed by atoms with Crippen molar-refractivity contribution in [3.05, 3.63) is 106 Å². The highest BCUT2D eigenvalue weighted by atomic mass is 32.2. The van der Waals surface area contributed by atoms with Gasteiger partial charge in [-0.15, -0.1) is 0 Å². The Morgan fingerprint density at radius 2 is 1.69 bits per heavy atom. The molecule has 3 aromatic carbocycles. The van der Waals surface area contributed by atoms with Gasteiger partial charge < -0.3 is 4.74 Å². The number of amides is 2. The summed E-state index contributed by atoms with van der Waals surface area (Å²) in [7, 11) is 0. The number of aryl methyl sites for hydroxylation is 1. The first-order chi connectivity index (χ1) is 15.4. The van der Waals surface area contributed by atoms with E-state index in [4.69, 9.17) is 4.74 Å². The zero-order valence-corrected chi connectivity index (χ0v) is 17.9. The van der Waals surface area contributed by atoms with Crippen molar-refractivity contribution in [3.63, 3.8) is 0 Å². The van der Waals surface area contributed by atoms with E-state index in [0.29, 0.717) is 16.9 Å². The highest BCUT2D eigenvalue weighted by Crippen LogP contribution is 2.33. The summed E-state index contributed by atoms with van der Waals surface area (Å²) in [5.74, 6) is -1.04. The van der Waals surface area contributed by atoms with Gasteiger partial charge >= 0.3 is 5.97 Å². The van der Waals surface area contributed by atoms with E-state index in [1.54, 1.807) is 60.7 Å². The van der Waals surface area contributed by atoms with Gasteiger partial charge in [-0.25, -0.2) is 9.18 Å². The summed E-state index contributed by atoms with van der Waals surface area (Å²) in [6.45, 7) is 1.81. The van der Waals surface area contributed by atoms with E-state index in [9.17, 15) is 18.8 Å². The Labute approximate surface area is 188 Å². The summed E-state index contributed by atoms with van der Waals surface area (Å²) in [6.07, 6.45) is 1.58. The first kappa shape index (κ1) is 21.5. The normalized spacial score (nSPS) is 14.8. The fraction of sp³-hybridized carbons (Fsp3) is 0.0800. The molecule has 0 radical (unpaired) electrons. The van der Waals surface area contributed by atoms with Gasteiger partial charge in [-0.1, -0.05) is 48.0 Å². The molecule has 0 saturated carbocycles. The van der Waals surface area contributed by atoms with E-state index in [2.05, 4.69) is 0 Å². The second kappa shape index (κ2) is 9.20. The first-order valence-corrected chi connectivity index (χ1v) is 10.6. The molecule has 1 aliphatic rings. The molecule has 0 N–H and O–H groups in total. The number of carbonyl (C=O) groups excluding carboxylic acids is 3. The Balaban J connectivity index is 1.44. The summed E-state index contributed by atoms with van der Waals surface area (Å²) in [6, 6.07) is 19.7. The Bertz CT molecular complexity index is 1220. The van der Waals surface area contributed by atoms with E-state index in [-0.39, 0.29) is 17.0 Å². The standard InChI is InChI=1S/C25H18FNO4S/c1-16-6-10-18(11-7-16)24(29)31-20-12-8-17(9-13-20)14-22-23(28)27(25(30)32-22)15-19-4-2-3-5-21(19)26/h2-14H,15H2,1H3/b22-14-. The van der Waals surface area contributed by atoms with Crippen LogP contribution < -0.4 is 4.74 Å². The second-order valence-electron chi connectivity index (χ2n) is 7.18. The van der Waals surface area contributed by atoms with Crippen LogP contribution in [0.1, 0.15) is 27.0 Å². The van der Waals surface area contributed by atoms with Gasteiger partial charge in [0.1, 0.15) is 11.6 Å². The average Bonchev–Trinajstić information content (AvgIpc) is 3.04. The molecule has 1 saturated heterocycles. The Morgan fingerprint density at radius 3 is 2.38 bits per heavy atom. The van der Waals surface area contributed by atoms with Crippen LogP contribution in [0.4, 0.5) is 9.18 Å². The average molecular weight is 447 g/mol. The molecule has 7 heteroatoms. The molecular weight excluding hydrogens is 429 g/mol. The van der Waals surface area contributed by atoms with Crippen molar-refractivity contribution in [1.82, 2.24) is 4.90 Å². The number of hydrogen-bond donors (Lipinski definition) is 0. The molecule has 1 aliphatic heterocycles. The highest BCUT2D eigenvalue weighted by Gasteiger charge is 2.35. The lowest BCUT2D eigenvalue weighted by Gasteiger charge is -2.12. The Morgan fingerprint density at radius 1 is 1.00 bits per heavy atom. The number of imide groups is 1. The number of benzene rings is 3. The fourth-order valence-electron chi connectivity index (χ4n) is 3.07. The number of rotatable bonds is 5. The minimum atomic E-state index is -0.474. The molecule has 32 heavy (non-hydrogen) atoms. The van der Waals surface area contributed by atoms with Crippen LogP contribution >= 0.6 is 11.8 Å². The molecule has 5 nitrogen and oxygen atoms in total. The van der Waals surface area contributed by atoms with Crippen LogP contribution in [0.3, 0.4) is 0 Å². The molecule has 0 aliphatic carbocycles. The van der Waals surface area contributed by atoms with Crippen LogP contribution in [-0.2, 0) is 11.3 Å². The molecule has 2 amide bonds. The number of ether oxygens (including phenoxy) is 1. The molecule has 0 atom stereocenters. The van der Waals surface area contributed by atoms with Crippen LogP contribution in [0.2, 0.25) is 0 Å². The molecule has 1 fully saturated rings. The predicted molar refractivity (Wildman–Crippen MR) is 120 cm³/mol. The van der Waals surface area contributed by atoms with Gasteiger partial charge in [0.25, 0.3) is 11.1 Å². The number of nitrogens with zero attached hydrogens (tertiary/aromatic N) is 1. The van der Waals surface area contributed by atoms with Gasteiger partial charge in [-0.3, -0.25) is 14.5 Å². The van der Waals surface area contributed by atoms with E-state index < -0.39 is 22.9 Å². The highest BCUT2D eigenvalue weighted by molar-refractivity contribution is 8.18. The van der Waals surface area contributed by atoms with Crippen molar-refractivity contribution in [2.45, 2.75) is 13.5 Å². The van der Waals surface area contributed by atoms with Crippen LogP contribution in [0.15, 0.2) is 77.7 Å². The van der Waals surface area contributed by atoms with Crippen LogP contribution in [0.25, 0.3) is 6.08 Å². The molecule has 1 heterocycles. The van der Waals surface area contributed by atoms with Crippen LogP contribution in [-0.4, -0.2) is 22.0 Å². The summed E-state index contributed by atoms with van der Waals surface area (Å²) >= 11 is 0.806. The van der Waals surface area contributed by atoms with Gasteiger partial charge in [0, 0.05) is 5.56 Å². The van der Waals surface area contributed by atoms with Crippen LogP contribution in [0, 0.1) is 12.7 Å². The van der Waals surface area contributed by atoms with Crippen molar-refractivity contribution in [2.75, 3.05) is 0 Å². The van der Waals surface area contributed by atoms with Gasteiger partial charge in [-0.05, 0) is 60.7 Å². The molecular formula is C25H18FNO4S. The zero-order valence-electron chi connectivity index (χ0n) is 17.1. The second-order valence-corrected chi connectivity index (χ2v) is 8.18. The van der Waals surface area contributed by atoms with Gasteiger partial charge in [0.05, 0.1) is 17.0 Å². The van der Waals surface area contributed by atoms with E-state index in [0.717, 1.165) is 22.2 Å². The third-order valence-electron chi connectivity index (χ3n) is 4.84. The topological polar surface area (TPSA) is 63.7 Å². The van der Waals surface area contributed by atoms with E-state index in [1.807, 2.05) is 19.1 Å². The van der Waals surface area contributed by atoms with Crippen molar-refractivity contribution < 1.29 is 23.5 Å². The molecule has 0 unspecified atom stereocenters. The first-order valence-electron chi connectivity index (χ1n) is 9.78. The number of carbonyl (C=O) groups is 3. The lowest BCUT2D eigenvalue weighted by molar-refractivity contribution is -0.123. The van der Waals surface area contributed by atoms with Crippen molar-refractivity contribution in [3.8, 4) is 5.75 Å². The smallest absolute Gasteiger partial charge is 0.343 e. The monoisotopic (exact) mass is 447 g/mol. The lowest BCUT2D eigenvalue weighted by Crippen LogP contribution is -2.27. The number of hydrogen-bond acceptors (Lipinski definition) is 5. The maximum atomic E-state index is 13.9. The summed E-state index contributed by atoms with van der Waals surface area (Å²) in [5.41, 5.74) is 2.43. The van der Waals surface area contributed by atoms with Crippen LogP contribution in [0.5, 0.6) is 5.75 Å². The van der Waals surface area contributed by atoms with E-state index in [1.165, 1.54) is 6.07 Å².